The summed E-state index contributed by atoms with van der Waals surface area (Å²) in [5.41, 5.74) is 3.51. The van der Waals surface area contributed by atoms with Crippen molar-refractivity contribution in [3.63, 3.8) is 0 Å². The highest BCUT2D eigenvalue weighted by Gasteiger charge is 2.38. The first-order valence-corrected chi connectivity index (χ1v) is 14.8. The van der Waals surface area contributed by atoms with E-state index in [2.05, 4.69) is 27.9 Å². The predicted molar refractivity (Wildman–Crippen MR) is 146 cm³/mol. The van der Waals surface area contributed by atoms with Crippen molar-refractivity contribution in [3.05, 3.63) is 65.7 Å². The van der Waals surface area contributed by atoms with Gasteiger partial charge in [0, 0.05) is 18.7 Å². The fourth-order valence-electron chi connectivity index (χ4n) is 5.46. The van der Waals surface area contributed by atoms with Crippen molar-refractivity contribution in [2.24, 2.45) is 5.41 Å². The van der Waals surface area contributed by atoms with Crippen LogP contribution in [0.15, 0.2) is 59.6 Å². The Morgan fingerprint density at radius 3 is 2.45 bits per heavy atom. The smallest absolute Gasteiger partial charge is 0.311 e. The Hall–Kier alpha value is -3.46. The van der Waals surface area contributed by atoms with Crippen LogP contribution in [-0.4, -0.2) is 42.6 Å². The average Bonchev–Trinajstić information content (AvgIpc) is 3.82. The van der Waals surface area contributed by atoms with Gasteiger partial charge in [-0.2, -0.15) is 8.42 Å². The molecular formula is C29H32N4O4S. The summed E-state index contributed by atoms with van der Waals surface area (Å²) in [6.07, 6.45) is 5.87. The van der Waals surface area contributed by atoms with E-state index in [1.807, 2.05) is 17.0 Å². The van der Waals surface area contributed by atoms with E-state index < -0.39 is 21.4 Å². The second kappa shape index (κ2) is 9.38. The molecular weight excluding hydrogens is 500 g/mol. The van der Waals surface area contributed by atoms with Gasteiger partial charge in [0.1, 0.15) is 11.6 Å². The largest absolute Gasteiger partial charge is 0.481 e. The molecule has 0 unspecified atom stereocenters. The molecule has 0 radical (unpaired) electrons. The Balaban J connectivity index is 1.30. The van der Waals surface area contributed by atoms with E-state index >= 15 is 0 Å². The number of carbonyl (C=O) groups is 1. The summed E-state index contributed by atoms with van der Waals surface area (Å²) in [5.74, 6) is 0.877. The number of rotatable bonds is 8. The number of carboxylic acids is 1. The van der Waals surface area contributed by atoms with Gasteiger partial charge in [0.15, 0.2) is 5.03 Å². The van der Waals surface area contributed by atoms with Crippen molar-refractivity contribution in [1.29, 1.82) is 0 Å². The number of nitrogens with zero attached hydrogens (tertiary/aromatic N) is 3. The van der Waals surface area contributed by atoms with Gasteiger partial charge in [-0.05, 0) is 86.6 Å². The molecule has 1 aliphatic heterocycles. The highest BCUT2D eigenvalue weighted by atomic mass is 32.2. The quantitative estimate of drug-likeness (QED) is 0.400. The molecule has 0 spiro atoms. The minimum atomic E-state index is -4.02. The fourth-order valence-corrected chi connectivity index (χ4v) is 6.42. The first-order valence-electron chi connectivity index (χ1n) is 13.3. The van der Waals surface area contributed by atoms with Crippen molar-refractivity contribution < 1.29 is 18.3 Å². The van der Waals surface area contributed by atoms with Gasteiger partial charge in [0.25, 0.3) is 10.0 Å². The molecule has 6 rings (SSSR count). The lowest BCUT2D eigenvalue weighted by molar-refractivity contribution is -0.148. The number of anilines is 2. The van der Waals surface area contributed by atoms with E-state index in [9.17, 15) is 18.3 Å². The average molecular weight is 533 g/mol. The zero-order chi connectivity index (χ0) is 26.5. The number of piperidine rings is 1. The van der Waals surface area contributed by atoms with Crippen LogP contribution in [0.1, 0.15) is 68.4 Å². The second-order valence-corrected chi connectivity index (χ2v) is 12.7. The lowest BCUT2D eigenvalue weighted by Crippen LogP contribution is -2.46. The molecule has 3 aliphatic rings. The molecule has 3 fully saturated rings. The van der Waals surface area contributed by atoms with E-state index in [0.29, 0.717) is 37.0 Å². The maximum Gasteiger partial charge on any atom is 0.311 e. The van der Waals surface area contributed by atoms with Crippen LogP contribution >= 0.6 is 0 Å². The van der Waals surface area contributed by atoms with Crippen LogP contribution in [0.2, 0.25) is 0 Å². The molecule has 2 aliphatic carbocycles. The number of nitrogens with one attached hydrogen (secondary N) is 1. The zero-order valence-electron chi connectivity index (χ0n) is 21.4. The van der Waals surface area contributed by atoms with Crippen LogP contribution in [-0.2, 0) is 14.8 Å². The molecule has 198 valence electrons. The van der Waals surface area contributed by atoms with Crippen LogP contribution in [0.3, 0.4) is 0 Å². The maximum absolute atomic E-state index is 13.4. The van der Waals surface area contributed by atoms with E-state index in [1.165, 1.54) is 30.0 Å². The van der Waals surface area contributed by atoms with Crippen molar-refractivity contribution in [2.75, 3.05) is 22.7 Å². The molecule has 0 bridgehead atoms. The van der Waals surface area contributed by atoms with Crippen molar-refractivity contribution in [1.82, 2.24) is 9.97 Å². The van der Waals surface area contributed by atoms with Crippen LogP contribution in [0.4, 0.5) is 11.6 Å². The molecule has 2 aromatic heterocycles. The minimum Gasteiger partial charge on any atom is -0.481 e. The zero-order valence-corrected chi connectivity index (χ0v) is 22.2. The second-order valence-electron chi connectivity index (χ2n) is 11.1. The van der Waals surface area contributed by atoms with Gasteiger partial charge >= 0.3 is 5.97 Å². The van der Waals surface area contributed by atoms with Gasteiger partial charge < -0.3 is 10.0 Å². The summed E-state index contributed by atoms with van der Waals surface area (Å²) in [7, 11) is -4.02. The van der Waals surface area contributed by atoms with Gasteiger partial charge in [-0.1, -0.05) is 36.4 Å². The van der Waals surface area contributed by atoms with Gasteiger partial charge in [0.05, 0.1) is 11.1 Å². The molecule has 3 heterocycles. The number of sulfonamides is 1. The predicted octanol–water partition coefficient (Wildman–Crippen LogP) is 5.39. The van der Waals surface area contributed by atoms with Crippen molar-refractivity contribution in [2.45, 2.75) is 62.3 Å². The number of benzene rings is 1. The van der Waals surface area contributed by atoms with Crippen LogP contribution in [0, 0.1) is 5.41 Å². The van der Waals surface area contributed by atoms with E-state index in [-0.39, 0.29) is 17.4 Å². The maximum atomic E-state index is 13.4. The molecule has 1 saturated heterocycles. The lowest BCUT2D eigenvalue weighted by atomic mass is 9.82. The summed E-state index contributed by atoms with van der Waals surface area (Å²) in [4.78, 5) is 22.9. The Morgan fingerprint density at radius 2 is 1.71 bits per heavy atom. The Morgan fingerprint density at radius 1 is 0.974 bits per heavy atom. The summed E-state index contributed by atoms with van der Waals surface area (Å²) in [5, 5.41) is 9.54. The first kappa shape index (κ1) is 24.9. The number of aliphatic carboxylic acids is 1. The molecule has 38 heavy (non-hydrogen) atoms. The molecule has 8 nitrogen and oxygen atoms in total. The molecule has 9 heteroatoms. The van der Waals surface area contributed by atoms with E-state index in [1.54, 1.807) is 25.1 Å². The van der Waals surface area contributed by atoms with Gasteiger partial charge in [-0.15, -0.1) is 0 Å². The molecule has 2 saturated carbocycles. The first-order chi connectivity index (χ1) is 18.2. The van der Waals surface area contributed by atoms with Crippen LogP contribution < -0.4 is 9.62 Å². The monoisotopic (exact) mass is 532 g/mol. The van der Waals surface area contributed by atoms with Crippen molar-refractivity contribution in [3.8, 4) is 11.3 Å². The van der Waals surface area contributed by atoms with Crippen molar-refractivity contribution >= 4 is 27.6 Å². The number of carboxylic acid groups (broad SMARTS) is 1. The SMILES string of the molecule is C[C@@]1(C(=O)O)CCCN(c2cccc(S(=O)(=O)Nc3ccc(C4CC4)c(-c4ccccc4C4CC4)n3)n2)C1. The summed E-state index contributed by atoms with van der Waals surface area (Å²) < 4.78 is 29.5. The van der Waals surface area contributed by atoms with Crippen LogP contribution in [0.5, 0.6) is 0 Å². The summed E-state index contributed by atoms with van der Waals surface area (Å²) in [6, 6.07) is 16.9. The number of aromatic nitrogens is 2. The highest BCUT2D eigenvalue weighted by Crippen LogP contribution is 2.48. The molecule has 1 atom stereocenters. The lowest BCUT2D eigenvalue weighted by Gasteiger charge is -2.38. The van der Waals surface area contributed by atoms with Crippen LogP contribution in [0.25, 0.3) is 11.3 Å². The molecule has 3 aromatic rings. The van der Waals surface area contributed by atoms with Gasteiger partial charge in [0.2, 0.25) is 0 Å². The molecule has 2 N–H and O–H groups in total. The number of hydrogen-bond acceptors (Lipinski definition) is 6. The normalized spacial score (nSPS) is 21.8. The standard InChI is InChI=1S/C29H32N4O4S/c1-29(28(34)35)16-5-17-33(18-29)25-8-4-9-26(31-25)38(36,37)32-24-15-14-22(20-12-13-20)27(30-24)23-7-3-2-6-21(23)19-10-11-19/h2-4,6-9,14-15,19-20H,5,10-13,16-18H2,1H3,(H,30,32)(H,34,35)/t29-/m1/s1. The van der Waals surface area contributed by atoms with E-state index in [0.717, 1.165) is 24.1 Å². The third-order valence-electron chi connectivity index (χ3n) is 7.94. The summed E-state index contributed by atoms with van der Waals surface area (Å²) in [6.45, 7) is 2.63. The fraction of sp³-hybridized carbons (Fsp3) is 0.414. The molecule has 0 amide bonds. The number of pyridine rings is 2. The highest BCUT2D eigenvalue weighted by molar-refractivity contribution is 7.92. The third kappa shape index (κ3) is 4.87. The Labute approximate surface area is 223 Å². The van der Waals surface area contributed by atoms with Gasteiger partial charge in [-0.3, -0.25) is 9.52 Å². The number of hydrogen-bond donors (Lipinski definition) is 2. The Kier molecular flexibility index (Phi) is 6.13. The Bertz CT molecular complexity index is 1500. The summed E-state index contributed by atoms with van der Waals surface area (Å²) >= 11 is 0. The topological polar surface area (TPSA) is 112 Å². The molecule has 1 aromatic carbocycles. The van der Waals surface area contributed by atoms with Gasteiger partial charge in [-0.25, -0.2) is 9.97 Å². The van der Waals surface area contributed by atoms with E-state index in [4.69, 9.17) is 4.98 Å². The third-order valence-corrected chi connectivity index (χ3v) is 9.19. The minimum absolute atomic E-state index is 0.120.